The van der Waals surface area contributed by atoms with E-state index in [9.17, 15) is 4.39 Å². The number of benzene rings is 1. The number of imidazole rings is 1. The molecule has 0 amide bonds. The maximum Gasteiger partial charge on any atom is 0.194 e. The van der Waals surface area contributed by atoms with E-state index in [0.29, 0.717) is 6.54 Å². The first-order valence-electron chi connectivity index (χ1n) is 5.69. The summed E-state index contributed by atoms with van der Waals surface area (Å²) in [7, 11) is 0. The molecule has 5 heteroatoms. The van der Waals surface area contributed by atoms with E-state index in [1.165, 1.54) is 17.8 Å². The molecule has 3 aromatic rings. The lowest BCUT2D eigenvalue weighted by Gasteiger charge is -1.96. The summed E-state index contributed by atoms with van der Waals surface area (Å²) in [4.78, 5) is 5.48. The highest BCUT2D eigenvalue weighted by Gasteiger charge is 2.09. The molecule has 3 rings (SSSR count). The smallest absolute Gasteiger partial charge is 0.194 e. The zero-order chi connectivity index (χ0) is 12.5. The minimum Gasteiger partial charge on any atom is -0.330 e. The molecule has 0 aliphatic rings. The number of nitrogens with zero attached hydrogens (tertiary/aromatic N) is 2. The Morgan fingerprint density at radius 2 is 2.06 bits per heavy atom. The predicted octanol–water partition coefficient (Wildman–Crippen LogP) is 2.70. The Morgan fingerprint density at radius 3 is 2.78 bits per heavy atom. The van der Waals surface area contributed by atoms with Gasteiger partial charge in [-0.15, -0.1) is 11.3 Å². The van der Waals surface area contributed by atoms with Crippen LogP contribution in [0.4, 0.5) is 4.39 Å². The van der Waals surface area contributed by atoms with Crippen molar-refractivity contribution in [3.8, 4) is 11.3 Å². The number of thiazole rings is 1. The molecule has 0 atom stereocenters. The second kappa shape index (κ2) is 4.51. The molecule has 2 aromatic heterocycles. The van der Waals surface area contributed by atoms with Gasteiger partial charge in [0.1, 0.15) is 5.82 Å². The van der Waals surface area contributed by atoms with E-state index in [1.807, 2.05) is 6.20 Å². The van der Waals surface area contributed by atoms with Crippen LogP contribution in [0.25, 0.3) is 16.2 Å². The van der Waals surface area contributed by atoms with Crippen LogP contribution in [0.2, 0.25) is 0 Å². The Hall–Kier alpha value is -1.72. The fourth-order valence-electron chi connectivity index (χ4n) is 1.92. The van der Waals surface area contributed by atoms with Crippen molar-refractivity contribution in [2.45, 2.75) is 6.42 Å². The summed E-state index contributed by atoms with van der Waals surface area (Å²) in [6, 6.07) is 6.38. The molecule has 0 saturated heterocycles. The molecule has 0 radical (unpaired) electrons. The summed E-state index contributed by atoms with van der Waals surface area (Å²) in [5.41, 5.74) is 8.52. The lowest BCUT2D eigenvalue weighted by Crippen LogP contribution is -2.04. The van der Waals surface area contributed by atoms with E-state index in [4.69, 9.17) is 5.73 Å². The topological polar surface area (TPSA) is 43.3 Å². The Balaban J connectivity index is 2.05. The van der Waals surface area contributed by atoms with Gasteiger partial charge in [-0.3, -0.25) is 4.40 Å². The third-order valence-corrected chi connectivity index (χ3v) is 3.71. The van der Waals surface area contributed by atoms with Crippen LogP contribution in [0.5, 0.6) is 0 Å². The fourth-order valence-corrected chi connectivity index (χ4v) is 2.82. The van der Waals surface area contributed by atoms with E-state index in [0.717, 1.165) is 22.6 Å². The first kappa shape index (κ1) is 11.4. The van der Waals surface area contributed by atoms with Gasteiger partial charge in [-0.05, 0) is 30.8 Å². The zero-order valence-corrected chi connectivity index (χ0v) is 10.5. The molecule has 0 unspecified atom stereocenters. The fraction of sp³-hybridized carbons (Fsp3) is 0.154. The van der Waals surface area contributed by atoms with Crippen molar-refractivity contribution in [1.82, 2.24) is 9.38 Å². The minimum atomic E-state index is -0.233. The Morgan fingerprint density at radius 1 is 1.28 bits per heavy atom. The second-order valence-corrected chi connectivity index (χ2v) is 4.89. The normalized spacial score (nSPS) is 11.2. The van der Waals surface area contributed by atoms with E-state index in [-0.39, 0.29) is 5.82 Å². The molecule has 2 heterocycles. The molecule has 0 bridgehead atoms. The maximum atomic E-state index is 12.9. The number of rotatable bonds is 3. The second-order valence-electron chi connectivity index (χ2n) is 4.05. The van der Waals surface area contributed by atoms with Crippen molar-refractivity contribution in [1.29, 1.82) is 0 Å². The molecule has 2 N–H and O–H groups in total. The van der Waals surface area contributed by atoms with Gasteiger partial charge in [-0.2, -0.15) is 0 Å². The van der Waals surface area contributed by atoms with Gasteiger partial charge in [0.05, 0.1) is 5.69 Å². The first-order valence-corrected chi connectivity index (χ1v) is 6.57. The van der Waals surface area contributed by atoms with Gasteiger partial charge >= 0.3 is 0 Å². The molecule has 92 valence electrons. The molecule has 0 saturated carbocycles. The van der Waals surface area contributed by atoms with Crippen LogP contribution in [0.1, 0.15) is 5.69 Å². The highest BCUT2D eigenvalue weighted by molar-refractivity contribution is 7.15. The van der Waals surface area contributed by atoms with Crippen LogP contribution in [0, 0.1) is 5.82 Å². The minimum absolute atomic E-state index is 0.233. The largest absolute Gasteiger partial charge is 0.330 e. The van der Waals surface area contributed by atoms with Gasteiger partial charge in [0.2, 0.25) is 0 Å². The molecule has 0 aliphatic carbocycles. The highest BCUT2D eigenvalue weighted by Crippen LogP contribution is 2.23. The van der Waals surface area contributed by atoms with E-state index < -0.39 is 0 Å². The average Bonchev–Trinajstić information content (AvgIpc) is 2.93. The summed E-state index contributed by atoms with van der Waals surface area (Å²) in [5.74, 6) is -0.233. The quantitative estimate of drug-likeness (QED) is 0.787. The molecular formula is C13H12FN3S. The predicted molar refractivity (Wildman–Crippen MR) is 71.2 cm³/mol. The number of nitrogens with two attached hydrogens (primary N) is 1. The van der Waals surface area contributed by atoms with E-state index in [2.05, 4.69) is 14.8 Å². The number of hydrogen-bond acceptors (Lipinski definition) is 3. The van der Waals surface area contributed by atoms with Crippen LogP contribution in [0.3, 0.4) is 0 Å². The van der Waals surface area contributed by atoms with Crippen molar-refractivity contribution in [3.05, 3.63) is 47.4 Å². The molecule has 18 heavy (non-hydrogen) atoms. The summed E-state index contributed by atoms with van der Waals surface area (Å²) < 4.78 is 14.9. The highest BCUT2D eigenvalue weighted by atomic mass is 32.1. The van der Waals surface area contributed by atoms with Crippen LogP contribution in [-0.2, 0) is 6.42 Å². The first-order chi connectivity index (χ1) is 8.78. The van der Waals surface area contributed by atoms with Gasteiger partial charge in [-0.25, -0.2) is 9.37 Å². The van der Waals surface area contributed by atoms with Crippen molar-refractivity contribution in [2.24, 2.45) is 5.73 Å². The standard InChI is InChI=1S/C13H12FN3S/c14-10-3-1-9(2-4-10)12-7-17-11(5-6-15)8-18-13(17)16-12/h1-4,7-8H,5-6,15H2. The van der Waals surface area contributed by atoms with Gasteiger partial charge in [0.25, 0.3) is 0 Å². The summed E-state index contributed by atoms with van der Waals surface area (Å²) >= 11 is 1.59. The van der Waals surface area contributed by atoms with Crippen molar-refractivity contribution in [3.63, 3.8) is 0 Å². The van der Waals surface area contributed by atoms with Crippen molar-refractivity contribution < 1.29 is 4.39 Å². The molecule has 0 fully saturated rings. The maximum absolute atomic E-state index is 12.9. The average molecular weight is 261 g/mol. The van der Waals surface area contributed by atoms with Crippen molar-refractivity contribution in [2.75, 3.05) is 6.54 Å². The number of hydrogen-bond donors (Lipinski definition) is 1. The monoisotopic (exact) mass is 261 g/mol. The molecular weight excluding hydrogens is 249 g/mol. The molecule has 1 aromatic carbocycles. The number of aromatic nitrogens is 2. The number of halogens is 1. The SMILES string of the molecule is NCCc1csc2nc(-c3ccc(F)cc3)cn12. The van der Waals surface area contributed by atoms with Gasteiger partial charge in [0, 0.05) is 29.3 Å². The Kier molecular flexibility index (Phi) is 2.85. The lowest BCUT2D eigenvalue weighted by atomic mass is 10.2. The third-order valence-electron chi connectivity index (χ3n) is 2.82. The van der Waals surface area contributed by atoms with Crippen LogP contribution in [0.15, 0.2) is 35.8 Å². The number of fused-ring (bicyclic) bond motifs is 1. The Bertz CT molecular complexity index is 669. The van der Waals surface area contributed by atoms with Crippen molar-refractivity contribution >= 4 is 16.3 Å². The third kappa shape index (κ3) is 1.91. The molecule has 3 nitrogen and oxygen atoms in total. The zero-order valence-electron chi connectivity index (χ0n) is 9.64. The molecule has 0 spiro atoms. The van der Waals surface area contributed by atoms with Gasteiger partial charge < -0.3 is 5.73 Å². The van der Waals surface area contributed by atoms with Crippen LogP contribution < -0.4 is 5.73 Å². The summed E-state index contributed by atoms with van der Waals surface area (Å²) in [6.45, 7) is 0.621. The van der Waals surface area contributed by atoms with E-state index >= 15 is 0 Å². The summed E-state index contributed by atoms with van der Waals surface area (Å²) in [5, 5.41) is 2.07. The lowest BCUT2D eigenvalue weighted by molar-refractivity contribution is 0.628. The van der Waals surface area contributed by atoms with Gasteiger partial charge in [-0.1, -0.05) is 0 Å². The van der Waals surface area contributed by atoms with E-state index in [1.54, 1.807) is 23.5 Å². The van der Waals surface area contributed by atoms with Crippen LogP contribution >= 0.6 is 11.3 Å². The Labute approximate surface area is 108 Å². The van der Waals surface area contributed by atoms with Gasteiger partial charge in [0.15, 0.2) is 4.96 Å². The van der Waals surface area contributed by atoms with Crippen LogP contribution in [-0.4, -0.2) is 15.9 Å². The molecule has 0 aliphatic heterocycles. The summed E-state index contributed by atoms with van der Waals surface area (Å²) in [6.07, 6.45) is 2.81.